The minimum absolute atomic E-state index is 0.783. The van der Waals surface area contributed by atoms with E-state index in [1.54, 1.807) is 9.80 Å². The third-order valence-corrected chi connectivity index (χ3v) is 5.17. The molecule has 0 amide bonds. The smallest absolute Gasteiger partial charge is 0.137 e. The van der Waals surface area contributed by atoms with Crippen LogP contribution in [-0.2, 0) is 0 Å². The second-order valence-electron chi connectivity index (χ2n) is 5.90. The van der Waals surface area contributed by atoms with Crippen molar-refractivity contribution in [2.24, 2.45) is 0 Å². The number of quaternary nitrogens is 2. The van der Waals surface area contributed by atoms with Crippen molar-refractivity contribution in [2.75, 3.05) is 46.4 Å². The van der Waals surface area contributed by atoms with Crippen LogP contribution in [0.25, 0.3) is 10.8 Å². The van der Waals surface area contributed by atoms with Gasteiger partial charge in [-0.2, -0.15) is 0 Å². The van der Waals surface area contributed by atoms with Crippen molar-refractivity contribution in [3.8, 4) is 5.75 Å². The zero-order valence-corrected chi connectivity index (χ0v) is 14.1. The predicted octanol–water partition coefficient (Wildman–Crippen LogP) is 0.394. The molecule has 0 aromatic heterocycles. The van der Waals surface area contributed by atoms with E-state index in [1.807, 2.05) is 0 Å². The number of likely N-dealkylation sites (N-methyl/N-ethyl adjacent to an activating group) is 1. The molecule has 3 nitrogen and oxygen atoms in total. The number of hydrogen-bond acceptors (Lipinski definition) is 1. The number of halogens is 1. The van der Waals surface area contributed by atoms with Crippen LogP contribution in [0, 0.1) is 0 Å². The van der Waals surface area contributed by atoms with Gasteiger partial charge in [0.2, 0.25) is 0 Å². The summed E-state index contributed by atoms with van der Waals surface area (Å²) in [6, 6.07) is 12.6. The highest BCUT2D eigenvalue weighted by atomic mass is 79.9. The summed E-state index contributed by atoms with van der Waals surface area (Å²) in [4.78, 5) is 3.31. The number of rotatable bonds is 4. The maximum Gasteiger partial charge on any atom is 0.137 e. The summed E-state index contributed by atoms with van der Waals surface area (Å²) in [5.41, 5.74) is 0. The average Bonchev–Trinajstić information content (AvgIpc) is 2.52. The first-order valence-electron chi connectivity index (χ1n) is 7.69. The summed E-state index contributed by atoms with van der Waals surface area (Å²) in [5.74, 6) is 0.952. The fraction of sp³-hybridized carbons (Fsp3) is 0.412. The summed E-state index contributed by atoms with van der Waals surface area (Å²) < 4.78 is 7.07. The minimum atomic E-state index is 0.783. The molecule has 1 fully saturated rings. The van der Waals surface area contributed by atoms with Crippen molar-refractivity contribution >= 4 is 26.7 Å². The van der Waals surface area contributed by atoms with Gasteiger partial charge in [0.25, 0.3) is 0 Å². The van der Waals surface area contributed by atoms with Crippen LogP contribution in [-0.4, -0.2) is 46.4 Å². The topological polar surface area (TPSA) is 18.1 Å². The number of ether oxygens (including phenoxy) is 1. The molecule has 112 valence electrons. The summed E-state index contributed by atoms with van der Waals surface area (Å²) in [5, 5.41) is 2.45. The molecule has 3 rings (SSSR count). The first-order chi connectivity index (χ1) is 10.2. The minimum Gasteiger partial charge on any atom is -0.487 e. The zero-order chi connectivity index (χ0) is 14.7. The molecule has 0 spiro atoms. The third kappa shape index (κ3) is 3.57. The van der Waals surface area contributed by atoms with Crippen molar-refractivity contribution in [3.05, 3.63) is 40.9 Å². The molecule has 0 bridgehead atoms. The maximum absolute atomic E-state index is 6.00. The molecule has 1 saturated heterocycles. The highest BCUT2D eigenvalue weighted by molar-refractivity contribution is 9.10. The quantitative estimate of drug-likeness (QED) is 0.816. The maximum atomic E-state index is 6.00. The normalized spacial score (nSPS) is 22.4. The summed E-state index contributed by atoms with van der Waals surface area (Å²) in [6.45, 7) is 6.93. The molecule has 0 atom stereocenters. The van der Waals surface area contributed by atoms with Gasteiger partial charge >= 0.3 is 0 Å². The highest BCUT2D eigenvalue weighted by Crippen LogP contribution is 2.32. The van der Waals surface area contributed by atoms with Crippen LogP contribution in [0.15, 0.2) is 40.9 Å². The van der Waals surface area contributed by atoms with Gasteiger partial charge in [-0.15, -0.1) is 0 Å². The molecule has 1 aliphatic heterocycles. The fourth-order valence-electron chi connectivity index (χ4n) is 2.91. The molecule has 2 aromatic rings. The first kappa shape index (κ1) is 14.8. The molecule has 21 heavy (non-hydrogen) atoms. The Balaban J connectivity index is 1.59. The van der Waals surface area contributed by atoms with Gasteiger partial charge in [-0.05, 0) is 32.8 Å². The zero-order valence-electron chi connectivity index (χ0n) is 12.5. The van der Waals surface area contributed by atoms with E-state index in [0.717, 1.165) is 23.4 Å². The van der Waals surface area contributed by atoms with E-state index in [2.05, 4.69) is 59.4 Å². The van der Waals surface area contributed by atoms with E-state index >= 15 is 0 Å². The lowest BCUT2D eigenvalue weighted by Gasteiger charge is -2.27. The molecular formula is C17H23BrN2O+2. The SMILES string of the molecule is C[NH+]1CC[NH+](CCOc2ccc3ccccc3c2Br)CC1. The number of hydrogen-bond donors (Lipinski definition) is 2. The number of nitrogens with one attached hydrogen (secondary N) is 2. The molecule has 2 N–H and O–H groups in total. The lowest BCUT2D eigenvalue weighted by atomic mass is 10.1. The van der Waals surface area contributed by atoms with Crippen molar-refractivity contribution < 1.29 is 14.5 Å². The van der Waals surface area contributed by atoms with Gasteiger partial charge in [-0.1, -0.05) is 30.3 Å². The molecule has 0 radical (unpaired) electrons. The van der Waals surface area contributed by atoms with E-state index in [1.165, 1.54) is 37.0 Å². The second kappa shape index (κ2) is 6.77. The predicted molar refractivity (Wildman–Crippen MR) is 89.3 cm³/mol. The largest absolute Gasteiger partial charge is 0.487 e. The molecule has 0 unspecified atom stereocenters. The standard InChI is InChI=1S/C17H21BrN2O/c1-19-8-10-20(11-9-19)12-13-21-16-7-6-14-4-2-3-5-15(14)17(16)18/h2-7H,8-13H2,1H3/p+2. The van der Waals surface area contributed by atoms with E-state index in [9.17, 15) is 0 Å². The van der Waals surface area contributed by atoms with Crippen LogP contribution in [0.3, 0.4) is 0 Å². The average molecular weight is 351 g/mol. The Hall–Kier alpha value is -1.10. The van der Waals surface area contributed by atoms with Crippen molar-refractivity contribution in [1.29, 1.82) is 0 Å². The van der Waals surface area contributed by atoms with Crippen molar-refractivity contribution in [2.45, 2.75) is 0 Å². The van der Waals surface area contributed by atoms with Crippen molar-refractivity contribution in [3.63, 3.8) is 0 Å². The van der Waals surface area contributed by atoms with Gasteiger partial charge in [0.15, 0.2) is 0 Å². The van der Waals surface area contributed by atoms with E-state index < -0.39 is 0 Å². The van der Waals surface area contributed by atoms with Crippen molar-refractivity contribution in [1.82, 2.24) is 0 Å². The molecular weight excluding hydrogens is 328 g/mol. The number of benzene rings is 2. The van der Waals surface area contributed by atoms with Gasteiger partial charge in [0.05, 0.1) is 11.5 Å². The van der Waals surface area contributed by atoms with Gasteiger partial charge < -0.3 is 14.5 Å². The summed E-state index contributed by atoms with van der Waals surface area (Å²) in [6.07, 6.45) is 0. The molecule has 1 heterocycles. The monoisotopic (exact) mass is 350 g/mol. The Morgan fingerprint density at radius 2 is 1.81 bits per heavy atom. The Morgan fingerprint density at radius 1 is 1.05 bits per heavy atom. The van der Waals surface area contributed by atoms with Crippen LogP contribution < -0.4 is 14.5 Å². The second-order valence-corrected chi connectivity index (χ2v) is 6.70. The van der Waals surface area contributed by atoms with Gasteiger partial charge in [-0.3, -0.25) is 0 Å². The van der Waals surface area contributed by atoms with Gasteiger partial charge in [0, 0.05) is 0 Å². The molecule has 0 aliphatic carbocycles. The number of fused-ring (bicyclic) bond motifs is 1. The first-order valence-corrected chi connectivity index (χ1v) is 8.48. The van der Waals surface area contributed by atoms with Gasteiger partial charge in [0.1, 0.15) is 45.1 Å². The lowest BCUT2D eigenvalue weighted by molar-refractivity contribution is -1.00. The Bertz CT molecular complexity index is 609. The Labute approximate surface area is 134 Å². The number of piperazine rings is 1. The van der Waals surface area contributed by atoms with E-state index in [4.69, 9.17) is 4.74 Å². The van der Waals surface area contributed by atoms with Crippen LogP contribution >= 0.6 is 15.9 Å². The van der Waals surface area contributed by atoms with E-state index in [0.29, 0.717) is 0 Å². The summed E-state index contributed by atoms with van der Waals surface area (Å²) >= 11 is 3.68. The van der Waals surface area contributed by atoms with Crippen LogP contribution in [0.4, 0.5) is 0 Å². The van der Waals surface area contributed by atoms with Gasteiger partial charge in [-0.25, -0.2) is 0 Å². The van der Waals surface area contributed by atoms with E-state index in [-0.39, 0.29) is 0 Å². The molecule has 2 aromatic carbocycles. The molecule has 1 aliphatic rings. The van der Waals surface area contributed by atoms with Crippen LogP contribution in [0.2, 0.25) is 0 Å². The highest BCUT2D eigenvalue weighted by Gasteiger charge is 2.19. The summed E-state index contributed by atoms with van der Waals surface area (Å²) in [7, 11) is 2.28. The Morgan fingerprint density at radius 3 is 2.62 bits per heavy atom. The van der Waals surface area contributed by atoms with Crippen LogP contribution in [0.5, 0.6) is 5.75 Å². The molecule has 4 heteroatoms. The van der Waals surface area contributed by atoms with Crippen LogP contribution in [0.1, 0.15) is 0 Å². The third-order valence-electron chi connectivity index (χ3n) is 4.35. The fourth-order valence-corrected chi connectivity index (χ4v) is 3.52. The Kier molecular flexibility index (Phi) is 4.78. The lowest BCUT2D eigenvalue weighted by Crippen LogP contribution is -3.27. The molecule has 0 saturated carbocycles.